The maximum atomic E-state index is 12.6. The van der Waals surface area contributed by atoms with Gasteiger partial charge in [0.25, 0.3) is 0 Å². The first kappa shape index (κ1) is 18.3. The normalized spacial score (nSPS) is 12.5. The lowest BCUT2D eigenvalue weighted by atomic mass is 10.0. The second-order valence-corrected chi connectivity index (χ2v) is 5.98. The lowest BCUT2D eigenvalue weighted by Gasteiger charge is -2.18. The number of aryl methyl sites for hydroxylation is 1. The Labute approximate surface area is 153 Å². The summed E-state index contributed by atoms with van der Waals surface area (Å²) in [5.74, 6) is -4.96. The van der Waals surface area contributed by atoms with E-state index in [-0.39, 0.29) is 46.1 Å². The van der Waals surface area contributed by atoms with E-state index in [1.165, 1.54) is 21.0 Å². The molecule has 2 aromatic carbocycles. The molecule has 0 unspecified atom stereocenters. The molecule has 142 valence electrons. The first-order valence-corrected chi connectivity index (χ1v) is 7.75. The summed E-state index contributed by atoms with van der Waals surface area (Å²) in [4.78, 5) is 24.2. The van der Waals surface area contributed by atoms with Gasteiger partial charge in [0.15, 0.2) is 23.0 Å². The molecule has 1 aliphatic heterocycles. The summed E-state index contributed by atoms with van der Waals surface area (Å²) in [5.41, 5.74) is -0.460. The molecular weight excluding hydrogens is 360 g/mol. The van der Waals surface area contributed by atoms with E-state index in [9.17, 15) is 30.0 Å². The van der Waals surface area contributed by atoms with Crippen LogP contribution in [0.4, 0.5) is 0 Å². The van der Waals surface area contributed by atoms with Crippen molar-refractivity contribution in [3.63, 3.8) is 0 Å². The fourth-order valence-electron chi connectivity index (χ4n) is 2.99. The Bertz CT molecular complexity index is 992. The van der Waals surface area contributed by atoms with E-state index in [4.69, 9.17) is 14.2 Å². The second-order valence-electron chi connectivity index (χ2n) is 5.98. The van der Waals surface area contributed by atoms with Crippen LogP contribution in [0.3, 0.4) is 0 Å². The number of hydrogen-bond acceptors (Lipinski definition) is 8. The second kappa shape index (κ2) is 6.36. The number of fused-ring (bicyclic) bond motifs is 2. The first-order chi connectivity index (χ1) is 12.7. The highest BCUT2D eigenvalue weighted by Crippen LogP contribution is 2.52. The number of benzene rings is 2. The van der Waals surface area contributed by atoms with E-state index >= 15 is 0 Å². The van der Waals surface area contributed by atoms with Gasteiger partial charge in [0.2, 0.25) is 5.75 Å². The van der Waals surface area contributed by atoms with Gasteiger partial charge in [0.1, 0.15) is 16.9 Å². The van der Waals surface area contributed by atoms with Crippen LogP contribution in [0.5, 0.6) is 34.5 Å². The van der Waals surface area contributed by atoms with Crippen LogP contribution in [0, 0.1) is 13.8 Å². The molecule has 0 saturated carbocycles. The van der Waals surface area contributed by atoms with Crippen LogP contribution in [0.2, 0.25) is 0 Å². The quantitative estimate of drug-likeness (QED) is 0.361. The summed E-state index contributed by atoms with van der Waals surface area (Å²) >= 11 is 0. The summed E-state index contributed by atoms with van der Waals surface area (Å²) in [7, 11) is 1.31. The molecule has 9 nitrogen and oxygen atoms in total. The zero-order valence-electron chi connectivity index (χ0n) is 14.6. The molecule has 0 fully saturated rings. The number of carboxylic acids is 1. The molecule has 4 N–H and O–H groups in total. The summed E-state index contributed by atoms with van der Waals surface area (Å²) in [6, 6.07) is 1.16. The summed E-state index contributed by atoms with van der Waals surface area (Å²) in [5, 5.41) is 39.8. The Morgan fingerprint density at radius 3 is 2.33 bits per heavy atom. The molecule has 0 aromatic heterocycles. The van der Waals surface area contributed by atoms with Crippen LogP contribution in [0.15, 0.2) is 6.07 Å². The predicted molar refractivity (Wildman–Crippen MR) is 90.1 cm³/mol. The topological polar surface area (TPSA) is 143 Å². The fourth-order valence-corrected chi connectivity index (χ4v) is 2.99. The van der Waals surface area contributed by atoms with Gasteiger partial charge < -0.3 is 34.6 Å². The van der Waals surface area contributed by atoms with Gasteiger partial charge in [-0.15, -0.1) is 0 Å². The highest BCUT2D eigenvalue weighted by atomic mass is 16.6. The van der Waals surface area contributed by atoms with Gasteiger partial charge in [-0.05, 0) is 25.5 Å². The summed E-state index contributed by atoms with van der Waals surface area (Å²) < 4.78 is 16.0. The molecule has 0 spiro atoms. The van der Waals surface area contributed by atoms with E-state index in [0.717, 1.165) is 6.07 Å². The molecule has 1 heterocycles. The van der Waals surface area contributed by atoms with Crippen molar-refractivity contribution in [2.24, 2.45) is 0 Å². The highest BCUT2D eigenvalue weighted by molar-refractivity contribution is 6.00. The maximum Gasteiger partial charge on any atom is 0.347 e. The van der Waals surface area contributed by atoms with Gasteiger partial charge in [0, 0.05) is 12.7 Å². The number of hydrogen-bond donors (Lipinski definition) is 4. The molecule has 27 heavy (non-hydrogen) atoms. The molecule has 0 saturated heterocycles. The van der Waals surface area contributed by atoms with Gasteiger partial charge >= 0.3 is 11.9 Å². The average molecular weight is 376 g/mol. The standard InChI is InChI=1S/C18H16O9/c1-6-4-9(19)13(21)16-10(6)18(24)27-15-8(5-25-3)12(20)11(17(22)23)7(2)14(15)26-16/h4,19-21H,5H2,1-3H3,(H,22,23). The number of aromatic carboxylic acids is 1. The molecule has 0 amide bonds. The summed E-state index contributed by atoms with van der Waals surface area (Å²) in [6.45, 7) is 2.59. The van der Waals surface area contributed by atoms with E-state index in [1.807, 2.05) is 0 Å². The molecule has 0 radical (unpaired) electrons. The minimum absolute atomic E-state index is 0.0316. The van der Waals surface area contributed by atoms with Gasteiger partial charge in [-0.2, -0.15) is 0 Å². The zero-order valence-corrected chi connectivity index (χ0v) is 14.6. The zero-order chi connectivity index (χ0) is 20.0. The van der Waals surface area contributed by atoms with Crippen molar-refractivity contribution < 1.29 is 44.2 Å². The highest BCUT2D eigenvalue weighted by Gasteiger charge is 2.35. The fraction of sp³-hybridized carbons (Fsp3) is 0.222. The third-order valence-corrected chi connectivity index (χ3v) is 4.26. The van der Waals surface area contributed by atoms with Crippen LogP contribution in [-0.4, -0.2) is 39.5 Å². The number of aromatic hydroxyl groups is 3. The molecule has 0 aliphatic carbocycles. The van der Waals surface area contributed by atoms with Crippen molar-refractivity contribution in [2.45, 2.75) is 20.5 Å². The van der Waals surface area contributed by atoms with E-state index in [1.54, 1.807) is 0 Å². The molecule has 3 rings (SSSR count). The van der Waals surface area contributed by atoms with E-state index in [0.29, 0.717) is 0 Å². The third-order valence-electron chi connectivity index (χ3n) is 4.26. The molecule has 0 atom stereocenters. The van der Waals surface area contributed by atoms with Crippen molar-refractivity contribution in [3.05, 3.63) is 33.9 Å². The summed E-state index contributed by atoms with van der Waals surface area (Å²) in [6.07, 6.45) is 0. The number of methoxy groups -OCH3 is 1. The minimum atomic E-state index is -1.43. The number of carboxylic acid groups (broad SMARTS) is 1. The van der Waals surface area contributed by atoms with E-state index < -0.39 is 34.8 Å². The van der Waals surface area contributed by atoms with Crippen molar-refractivity contribution in [1.82, 2.24) is 0 Å². The molecule has 2 aromatic rings. The van der Waals surface area contributed by atoms with Gasteiger partial charge in [-0.1, -0.05) is 0 Å². The van der Waals surface area contributed by atoms with Crippen LogP contribution < -0.4 is 9.47 Å². The van der Waals surface area contributed by atoms with Crippen LogP contribution in [0.1, 0.15) is 37.4 Å². The van der Waals surface area contributed by atoms with Crippen molar-refractivity contribution in [2.75, 3.05) is 7.11 Å². The Morgan fingerprint density at radius 2 is 1.74 bits per heavy atom. The number of ether oxygens (including phenoxy) is 3. The largest absolute Gasteiger partial charge is 0.507 e. The van der Waals surface area contributed by atoms with Crippen LogP contribution in [-0.2, 0) is 11.3 Å². The smallest absolute Gasteiger partial charge is 0.347 e. The first-order valence-electron chi connectivity index (χ1n) is 7.75. The predicted octanol–water partition coefficient (Wildman–Crippen LogP) is 2.59. The van der Waals surface area contributed by atoms with Crippen LogP contribution in [0.25, 0.3) is 0 Å². The molecule has 1 aliphatic rings. The molecule has 0 bridgehead atoms. The van der Waals surface area contributed by atoms with Crippen LogP contribution >= 0.6 is 0 Å². The number of carbonyl (C=O) groups is 2. The Balaban J connectivity index is 2.40. The van der Waals surface area contributed by atoms with Crippen molar-refractivity contribution in [1.29, 1.82) is 0 Å². The molecular formula is C18H16O9. The number of rotatable bonds is 3. The third kappa shape index (κ3) is 2.68. The number of phenols is 3. The van der Waals surface area contributed by atoms with Gasteiger partial charge in [-0.3, -0.25) is 0 Å². The Morgan fingerprint density at radius 1 is 1.07 bits per heavy atom. The average Bonchev–Trinajstić information content (AvgIpc) is 2.73. The number of esters is 1. The Hall–Kier alpha value is -3.46. The van der Waals surface area contributed by atoms with Gasteiger partial charge in [-0.25, -0.2) is 9.59 Å². The monoisotopic (exact) mass is 376 g/mol. The van der Waals surface area contributed by atoms with Crippen molar-refractivity contribution >= 4 is 11.9 Å². The minimum Gasteiger partial charge on any atom is -0.507 e. The van der Waals surface area contributed by atoms with Crippen molar-refractivity contribution in [3.8, 4) is 34.5 Å². The van der Waals surface area contributed by atoms with E-state index in [2.05, 4.69) is 0 Å². The number of phenolic OH excluding ortho intramolecular Hbond substituents is 2. The SMILES string of the molecule is COCc1c(O)c(C(=O)O)c(C)c2c1OC(=O)c1c(C)cc(O)c(O)c1O2. The van der Waals surface area contributed by atoms with Gasteiger partial charge in [0.05, 0.1) is 12.2 Å². The maximum absolute atomic E-state index is 12.6. The number of carbonyl (C=O) groups excluding carboxylic acids is 1. The molecule has 9 heteroatoms. The lowest BCUT2D eigenvalue weighted by Crippen LogP contribution is -2.12. The Kier molecular flexibility index (Phi) is 4.32. The lowest BCUT2D eigenvalue weighted by molar-refractivity contribution is 0.0691.